The van der Waals surface area contributed by atoms with Gasteiger partial charge in [0.25, 0.3) is 10.0 Å². The minimum absolute atomic E-state index is 0.0182. The highest BCUT2D eigenvalue weighted by Crippen LogP contribution is 2.23. The topological polar surface area (TPSA) is 89.3 Å². The summed E-state index contributed by atoms with van der Waals surface area (Å²) in [5.41, 5.74) is 1.87. The lowest BCUT2D eigenvalue weighted by Crippen LogP contribution is -2.26. The van der Waals surface area contributed by atoms with E-state index >= 15 is 0 Å². The first-order chi connectivity index (χ1) is 14.3. The monoisotopic (exact) mass is 441 g/mol. The Morgan fingerprint density at radius 3 is 2.10 bits per heavy atom. The van der Waals surface area contributed by atoms with Gasteiger partial charge in [-0.2, -0.15) is 4.31 Å². The molecular weight excluding hydrogens is 422 g/mol. The van der Waals surface area contributed by atoms with Crippen molar-refractivity contribution in [3.8, 4) is 0 Å². The molecule has 154 valence electrons. The van der Waals surface area contributed by atoms with Crippen LogP contribution in [0.3, 0.4) is 0 Å². The zero-order valence-corrected chi connectivity index (χ0v) is 17.7. The summed E-state index contributed by atoms with van der Waals surface area (Å²) in [6.45, 7) is 0.213. The predicted molar refractivity (Wildman–Crippen MR) is 114 cm³/mol. The lowest BCUT2D eigenvalue weighted by molar-refractivity contribution is 0.466. The number of rotatable bonds is 6. The zero-order chi connectivity index (χ0) is 21.4. The van der Waals surface area contributed by atoms with Crippen molar-refractivity contribution in [1.29, 1.82) is 0 Å². The van der Waals surface area contributed by atoms with Crippen LogP contribution in [-0.2, 0) is 26.6 Å². The van der Waals surface area contributed by atoms with Gasteiger partial charge in [0.05, 0.1) is 20.8 Å². The minimum atomic E-state index is -3.91. The van der Waals surface area contributed by atoms with Crippen molar-refractivity contribution in [3.05, 3.63) is 90.8 Å². The van der Waals surface area contributed by atoms with Gasteiger partial charge in [0, 0.05) is 13.6 Å². The molecule has 4 rings (SSSR count). The highest BCUT2D eigenvalue weighted by atomic mass is 32.2. The predicted octanol–water partition coefficient (Wildman–Crippen LogP) is 3.09. The molecule has 0 bridgehead atoms. The summed E-state index contributed by atoms with van der Waals surface area (Å²) in [7, 11) is -6.19. The molecule has 3 aromatic carbocycles. The van der Waals surface area contributed by atoms with Crippen LogP contribution in [0.1, 0.15) is 5.56 Å². The second-order valence-electron chi connectivity index (χ2n) is 6.75. The Kier molecular flexibility index (Phi) is 5.19. The third-order valence-corrected chi connectivity index (χ3v) is 8.25. The van der Waals surface area contributed by atoms with Crippen molar-refractivity contribution in [2.24, 2.45) is 0 Å². The maximum atomic E-state index is 13.0. The van der Waals surface area contributed by atoms with E-state index in [1.54, 1.807) is 24.3 Å². The van der Waals surface area contributed by atoms with Crippen LogP contribution in [-0.4, -0.2) is 37.1 Å². The van der Waals surface area contributed by atoms with Gasteiger partial charge in [-0.15, -0.1) is 0 Å². The van der Waals surface area contributed by atoms with E-state index in [0.29, 0.717) is 11.0 Å². The van der Waals surface area contributed by atoms with E-state index in [4.69, 9.17) is 0 Å². The quantitative estimate of drug-likeness (QED) is 0.459. The summed E-state index contributed by atoms with van der Waals surface area (Å²) in [6, 6.07) is 21.3. The molecule has 0 aliphatic carbocycles. The Bertz CT molecular complexity index is 1400. The van der Waals surface area contributed by atoms with Crippen molar-refractivity contribution >= 4 is 31.1 Å². The van der Waals surface area contributed by atoms with Crippen molar-refractivity contribution < 1.29 is 16.8 Å². The molecule has 0 spiro atoms. The fourth-order valence-corrected chi connectivity index (χ4v) is 5.58. The number of aromatic nitrogens is 2. The molecule has 1 aromatic heterocycles. The Balaban J connectivity index is 1.63. The third kappa shape index (κ3) is 3.62. The number of sulfonamides is 1. The zero-order valence-electron chi connectivity index (χ0n) is 16.1. The maximum absolute atomic E-state index is 13.0. The van der Waals surface area contributed by atoms with E-state index in [0.717, 1.165) is 9.54 Å². The third-order valence-electron chi connectivity index (χ3n) is 4.76. The molecule has 4 aromatic rings. The van der Waals surface area contributed by atoms with Gasteiger partial charge in [0.1, 0.15) is 6.33 Å². The summed E-state index contributed by atoms with van der Waals surface area (Å²) in [6.07, 6.45) is 1.25. The summed E-state index contributed by atoms with van der Waals surface area (Å²) < 4.78 is 54.1. The normalized spacial score (nSPS) is 12.5. The maximum Gasteiger partial charge on any atom is 0.269 e. The van der Waals surface area contributed by atoms with E-state index < -0.39 is 20.0 Å². The van der Waals surface area contributed by atoms with Crippen molar-refractivity contribution in [1.82, 2.24) is 13.3 Å². The Morgan fingerprint density at radius 1 is 0.800 bits per heavy atom. The fraction of sp³-hybridized carbons (Fsp3) is 0.0952. The molecule has 0 radical (unpaired) electrons. The average molecular weight is 442 g/mol. The van der Waals surface area contributed by atoms with Gasteiger partial charge in [-0.3, -0.25) is 0 Å². The van der Waals surface area contributed by atoms with Crippen LogP contribution in [0.5, 0.6) is 0 Å². The van der Waals surface area contributed by atoms with Crippen molar-refractivity contribution in [2.75, 3.05) is 7.05 Å². The molecule has 0 saturated heterocycles. The molecule has 1 heterocycles. The van der Waals surface area contributed by atoms with Crippen LogP contribution in [0.15, 0.2) is 95.0 Å². The first-order valence-electron chi connectivity index (χ1n) is 9.08. The van der Waals surface area contributed by atoms with Crippen LogP contribution in [0.4, 0.5) is 0 Å². The second-order valence-corrected chi connectivity index (χ2v) is 10.6. The van der Waals surface area contributed by atoms with Crippen LogP contribution in [0.2, 0.25) is 0 Å². The highest BCUT2D eigenvalue weighted by Gasteiger charge is 2.24. The molecule has 0 N–H and O–H groups in total. The number of hydrogen-bond donors (Lipinski definition) is 0. The first-order valence-corrected chi connectivity index (χ1v) is 12.0. The molecule has 7 nitrogen and oxygen atoms in total. The standard InChI is InChI=1S/C21H19N3O4S2/c1-23(15-17-7-3-2-4-8-17)29(25,26)18-11-13-19(14-12-18)30(27,28)24-16-22-20-9-5-6-10-21(20)24/h2-14,16H,15H2,1H3. The summed E-state index contributed by atoms with van der Waals surface area (Å²) in [5.74, 6) is 0. The summed E-state index contributed by atoms with van der Waals surface area (Å²) >= 11 is 0. The molecule has 0 aliphatic heterocycles. The highest BCUT2D eigenvalue weighted by molar-refractivity contribution is 7.90. The van der Waals surface area contributed by atoms with Crippen LogP contribution in [0, 0.1) is 0 Å². The SMILES string of the molecule is CN(Cc1ccccc1)S(=O)(=O)c1ccc(S(=O)(=O)n2cnc3ccccc32)cc1. The van der Waals surface area contributed by atoms with Crippen LogP contribution < -0.4 is 0 Å². The van der Waals surface area contributed by atoms with Crippen molar-refractivity contribution in [3.63, 3.8) is 0 Å². The minimum Gasteiger partial charge on any atom is -0.236 e. The number of fused-ring (bicyclic) bond motifs is 1. The van der Waals surface area contributed by atoms with Gasteiger partial charge < -0.3 is 0 Å². The van der Waals surface area contributed by atoms with E-state index in [1.165, 1.54) is 41.9 Å². The van der Waals surface area contributed by atoms with Crippen LogP contribution >= 0.6 is 0 Å². The molecular formula is C21H19N3O4S2. The van der Waals surface area contributed by atoms with E-state index in [9.17, 15) is 16.8 Å². The molecule has 0 saturated carbocycles. The van der Waals surface area contributed by atoms with Crippen LogP contribution in [0.25, 0.3) is 11.0 Å². The Labute approximate surface area is 175 Å². The second kappa shape index (κ2) is 7.67. The van der Waals surface area contributed by atoms with Gasteiger partial charge >= 0.3 is 0 Å². The molecule has 9 heteroatoms. The molecule has 0 atom stereocenters. The fourth-order valence-electron chi connectivity index (χ4n) is 3.13. The van der Waals surface area contributed by atoms with E-state index in [2.05, 4.69) is 4.98 Å². The number of hydrogen-bond acceptors (Lipinski definition) is 5. The van der Waals surface area contributed by atoms with Crippen molar-refractivity contribution in [2.45, 2.75) is 16.3 Å². The Hall–Kier alpha value is -3.01. The molecule has 0 amide bonds. The molecule has 0 fully saturated rings. The first kappa shape index (κ1) is 20.3. The Morgan fingerprint density at radius 2 is 1.40 bits per heavy atom. The number of nitrogens with zero attached hydrogens (tertiary/aromatic N) is 3. The number of para-hydroxylation sites is 2. The molecule has 0 unspecified atom stereocenters. The van der Waals surface area contributed by atoms with Gasteiger partial charge in [-0.25, -0.2) is 25.8 Å². The molecule has 30 heavy (non-hydrogen) atoms. The average Bonchev–Trinajstić information content (AvgIpc) is 3.19. The lowest BCUT2D eigenvalue weighted by Gasteiger charge is -2.17. The number of imidazole rings is 1. The lowest BCUT2D eigenvalue weighted by atomic mass is 10.2. The van der Waals surface area contributed by atoms with Gasteiger partial charge in [-0.05, 0) is 42.0 Å². The molecule has 0 aliphatic rings. The number of benzene rings is 3. The van der Waals surface area contributed by atoms with E-state index in [-0.39, 0.29) is 16.3 Å². The van der Waals surface area contributed by atoms with Gasteiger partial charge in [0.2, 0.25) is 10.0 Å². The largest absolute Gasteiger partial charge is 0.269 e. The summed E-state index contributed by atoms with van der Waals surface area (Å²) in [4.78, 5) is 4.12. The smallest absolute Gasteiger partial charge is 0.236 e. The van der Waals surface area contributed by atoms with Gasteiger partial charge in [-0.1, -0.05) is 42.5 Å². The van der Waals surface area contributed by atoms with E-state index in [1.807, 2.05) is 30.3 Å². The summed E-state index contributed by atoms with van der Waals surface area (Å²) in [5, 5.41) is 0. The van der Waals surface area contributed by atoms with Gasteiger partial charge in [0.15, 0.2) is 0 Å².